The molecule has 2 aliphatic heterocycles. The zero-order valence-corrected chi connectivity index (χ0v) is 27.3. The van der Waals surface area contributed by atoms with Gasteiger partial charge in [0.25, 0.3) is 0 Å². The van der Waals surface area contributed by atoms with Crippen molar-refractivity contribution in [3.63, 3.8) is 0 Å². The minimum absolute atomic E-state index is 0.0348. The molecule has 0 unspecified atom stereocenters. The van der Waals surface area contributed by atoms with Gasteiger partial charge in [0.15, 0.2) is 11.6 Å². The Balaban J connectivity index is 1.10. The van der Waals surface area contributed by atoms with E-state index in [9.17, 15) is 14.0 Å². The van der Waals surface area contributed by atoms with Gasteiger partial charge in [-0.3, -0.25) is 9.59 Å². The standard InChI is InChI=1S/C36H40F2N6O4/c1-3-47-36(46)26-11-13-42(14-12-26)33-6-4-5-32(41-33)30-18-29(37)19-31(38)35(30)48-21-28-8-7-27(17-24(28)2)25-9-15-43(16-10-25)34(45)20-44-23-39-22-40-44/h4-8,17-19,22-23,25-26H,3,9-16,20-21H2,1-2H3. The SMILES string of the molecule is CCOC(=O)C1CCN(c2cccc(-c3cc(F)cc(F)c3OCc3ccc(C4CCN(C(=O)Cn5cncn5)CC4)cc3C)n2)CC1. The van der Waals surface area contributed by atoms with E-state index in [1.807, 2.05) is 30.0 Å². The second-order valence-corrected chi connectivity index (χ2v) is 12.4. The zero-order chi connectivity index (χ0) is 33.6. The maximum absolute atomic E-state index is 15.3. The maximum Gasteiger partial charge on any atom is 0.309 e. The van der Waals surface area contributed by atoms with Crippen LogP contribution < -0.4 is 9.64 Å². The molecule has 0 spiro atoms. The number of benzene rings is 2. The number of anilines is 1. The van der Waals surface area contributed by atoms with E-state index in [0.717, 1.165) is 30.0 Å². The van der Waals surface area contributed by atoms with Crippen molar-refractivity contribution in [3.8, 4) is 17.0 Å². The lowest BCUT2D eigenvalue weighted by atomic mass is 9.88. The third-order valence-corrected chi connectivity index (χ3v) is 9.28. The van der Waals surface area contributed by atoms with Gasteiger partial charge in [-0.1, -0.05) is 24.3 Å². The van der Waals surface area contributed by atoms with Crippen LogP contribution in [0.25, 0.3) is 11.3 Å². The van der Waals surface area contributed by atoms with Crippen molar-refractivity contribution in [3.05, 3.63) is 89.5 Å². The molecule has 0 atom stereocenters. The van der Waals surface area contributed by atoms with Gasteiger partial charge in [-0.05, 0) is 80.3 Å². The van der Waals surface area contributed by atoms with Gasteiger partial charge in [0.1, 0.15) is 37.4 Å². The fraction of sp³-hybridized carbons (Fsp3) is 0.417. The molecule has 48 heavy (non-hydrogen) atoms. The van der Waals surface area contributed by atoms with Crippen LogP contribution in [0, 0.1) is 24.5 Å². The lowest BCUT2D eigenvalue weighted by Gasteiger charge is -2.32. The molecule has 6 rings (SSSR count). The van der Waals surface area contributed by atoms with Gasteiger partial charge >= 0.3 is 5.97 Å². The number of pyridine rings is 1. The van der Waals surface area contributed by atoms with Crippen LogP contribution >= 0.6 is 0 Å². The summed E-state index contributed by atoms with van der Waals surface area (Å²) in [6, 6.07) is 13.6. The Morgan fingerprint density at radius 2 is 1.77 bits per heavy atom. The van der Waals surface area contributed by atoms with Crippen LogP contribution in [0.1, 0.15) is 55.2 Å². The van der Waals surface area contributed by atoms with Crippen LogP contribution in [0.4, 0.5) is 14.6 Å². The first-order chi connectivity index (χ1) is 23.3. The van der Waals surface area contributed by atoms with E-state index in [1.165, 1.54) is 22.6 Å². The third kappa shape index (κ3) is 7.64. The summed E-state index contributed by atoms with van der Waals surface area (Å²) < 4.78 is 42.6. The molecular weight excluding hydrogens is 618 g/mol. The molecule has 252 valence electrons. The summed E-state index contributed by atoms with van der Waals surface area (Å²) in [5.74, 6) is -0.863. The number of piperidine rings is 2. The van der Waals surface area contributed by atoms with E-state index >= 15 is 4.39 Å². The van der Waals surface area contributed by atoms with Crippen LogP contribution in [-0.4, -0.2) is 69.3 Å². The molecule has 0 aliphatic carbocycles. The topological polar surface area (TPSA) is 103 Å². The lowest BCUT2D eigenvalue weighted by molar-refractivity contribution is -0.148. The summed E-state index contributed by atoms with van der Waals surface area (Å²) in [6.45, 7) is 7.04. The number of ether oxygens (including phenoxy) is 2. The fourth-order valence-corrected chi connectivity index (χ4v) is 6.55. The third-order valence-electron chi connectivity index (χ3n) is 9.28. The van der Waals surface area contributed by atoms with Gasteiger partial charge in [-0.15, -0.1) is 0 Å². The molecule has 10 nitrogen and oxygen atoms in total. The number of carbonyl (C=O) groups is 2. The summed E-state index contributed by atoms with van der Waals surface area (Å²) in [6.07, 6.45) is 5.98. The number of esters is 1. The van der Waals surface area contributed by atoms with Gasteiger partial charge in [0, 0.05) is 37.8 Å². The van der Waals surface area contributed by atoms with E-state index in [4.69, 9.17) is 14.5 Å². The van der Waals surface area contributed by atoms with Crippen LogP contribution in [0.15, 0.2) is 61.2 Å². The smallest absolute Gasteiger partial charge is 0.309 e. The molecule has 4 heterocycles. The number of aryl methyl sites for hydroxylation is 1. The van der Waals surface area contributed by atoms with Crippen molar-refractivity contribution in [2.45, 2.75) is 58.6 Å². The van der Waals surface area contributed by atoms with Gasteiger partial charge in [0.2, 0.25) is 5.91 Å². The predicted octanol–water partition coefficient (Wildman–Crippen LogP) is 5.69. The van der Waals surface area contributed by atoms with Crippen LogP contribution in [0.2, 0.25) is 0 Å². The second-order valence-electron chi connectivity index (χ2n) is 12.4. The first kappa shape index (κ1) is 33.0. The molecule has 0 saturated carbocycles. The van der Waals surface area contributed by atoms with Crippen molar-refractivity contribution in [1.29, 1.82) is 0 Å². The Morgan fingerprint density at radius 1 is 0.979 bits per heavy atom. The molecule has 1 amide bonds. The number of likely N-dealkylation sites (tertiary alicyclic amines) is 1. The van der Waals surface area contributed by atoms with Crippen molar-refractivity contribution in [1.82, 2.24) is 24.6 Å². The number of hydrogen-bond acceptors (Lipinski definition) is 8. The Morgan fingerprint density at radius 3 is 2.48 bits per heavy atom. The number of aromatic nitrogens is 4. The highest BCUT2D eigenvalue weighted by Gasteiger charge is 2.28. The molecule has 2 saturated heterocycles. The van der Waals surface area contributed by atoms with Gasteiger partial charge in [-0.2, -0.15) is 5.10 Å². The molecule has 2 aliphatic rings. The Hall–Kier alpha value is -4.87. The largest absolute Gasteiger partial charge is 0.485 e. The van der Waals surface area contributed by atoms with Crippen LogP contribution in [0.3, 0.4) is 0 Å². The highest BCUT2D eigenvalue weighted by Crippen LogP contribution is 2.35. The summed E-state index contributed by atoms with van der Waals surface area (Å²) in [5, 5.41) is 4.02. The van der Waals surface area contributed by atoms with Gasteiger partial charge in [0.05, 0.1) is 18.2 Å². The minimum Gasteiger partial charge on any atom is -0.485 e. The van der Waals surface area contributed by atoms with Crippen LogP contribution in [-0.2, 0) is 27.5 Å². The minimum atomic E-state index is -0.799. The molecule has 0 bridgehead atoms. The van der Waals surface area contributed by atoms with E-state index in [0.29, 0.717) is 63.1 Å². The molecular formula is C36H40F2N6O4. The number of rotatable bonds is 10. The molecule has 2 aromatic heterocycles. The Labute approximate surface area is 278 Å². The predicted molar refractivity (Wildman–Crippen MR) is 175 cm³/mol. The Bertz CT molecular complexity index is 1730. The average molecular weight is 659 g/mol. The summed E-state index contributed by atoms with van der Waals surface area (Å²) >= 11 is 0. The lowest BCUT2D eigenvalue weighted by Crippen LogP contribution is -2.39. The molecule has 0 N–H and O–H groups in total. The van der Waals surface area contributed by atoms with Crippen LogP contribution in [0.5, 0.6) is 5.75 Å². The number of amides is 1. The second kappa shape index (κ2) is 14.9. The average Bonchev–Trinajstić information content (AvgIpc) is 3.61. The van der Waals surface area contributed by atoms with E-state index in [-0.39, 0.29) is 42.3 Å². The maximum atomic E-state index is 15.3. The zero-order valence-electron chi connectivity index (χ0n) is 27.3. The monoisotopic (exact) mass is 658 g/mol. The molecule has 2 aromatic carbocycles. The number of nitrogens with zero attached hydrogens (tertiary/aromatic N) is 6. The highest BCUT2D eigenvalue weighted by molar-refractivity contribution is 5.76. The first-order valence-corrected chi connectivity index (χ1v) is 16.5. The normalized spacial score (nSPS) is 15.8. The molecule has 2 fully saturated rings. The van der Waals surface area contributed by atoms with E-state index < -0.39 is 11.6 Å². The summed E-state index contributed by atoms with van der Waals surface area (Å²) in [7, 11) is 0. The summed E-state index contributed by atoms with van der Waals surface area (Å²) in [5.41, 5.74) is 3.72. The van der Waals surface area contributed by atoms with E-state index in [2.05, 4.69) is 27.1 Å². The molecule has 12 heteroatoms. The van der Waals surface area contributed by atoms with Gasteiger partial charge in [-0.25, -0.2) is 23.4 Å². The quantitative estimate of drug-likeness (QED) is 0.200. The number of hydrogen-bond donors (Lipinski definition) is 0. The molecule has 0 radical (unpaired) electrons. The van der Waals surface area contributed by atoms with Crippen molar-refractivity contribution >= 4 is 17.7 Å². The van der Waals surface area contributed by atoms with Crippen molar-refractivity contribution in [2.24, 2.45) is 5.92 Å². The number of carbonyl (C=O) groups excluding carboxylic acids is 2. The summed E-state index contributed by atoms with van der Waals surface area (Å²) in [4.78, 5) is 37.4. The first-order valence-electron chi connectivity index (χ1n) is 16.5. The van der Waals surface area contributed by atoms with Crippen molar-refractivity contribution in [2.75, 3.05) is 37.7 Å². The van der Waals surface area contributed by atoms with E-state index in [1.54, 1.807) is 19.3 Å². The Kier molecular flexibility index (Phi) is 10.3. The van der Waals surface area contributed by atoms with Crippen molar-refractivity contribution < 1.29 is 27.8 Å². The van der Waals surface area contributed by atoms with Gasteiger partial charge < -0.3 is 19.3 Å². The fourth-order valence-electron chi connectivity index (χ4n) is 6.55. The highest BCUT2D eigenvalue weighted by atomic mass is 19.1. The molecule has 4 aromatic rings. The number of halogens is 2.